The van der Waals surface area contributed by atoms with Crippen molar-refractivity contribution < 1.29 is 4.79 Å². The van der Waals surface area contributed by atoms with E-state index in [-0.39, 0.29) is 17.9 Å². The lowest BCUT2D eigenvalue weighted by Crippen LogP contribution is -2.21. The highest BCUT2D eigenvalue weighted by molar-refractivity contribution is 7.22. The quantitative estimate of drug-likeness (QED) is 0.491. The van der Waals surface area contributed by atoms with E-state index in [9.17, 15) is 9.59 Å². The molecule has 29 heavy (non-hydrogen) atoms. The third-order valence-electron chi connectivity index (χ3n) is 4.35. The topological polar surface area (TPSA) is 76.9 Å². The lowest BCUT2D eigenvalue weighted by atomic mass is 10.1. The fourth-order valence-electron chi connectivity index (χ4n) is 2.90. The number of amides is 1. The van der Waals surface area contributed by atoms with E-state index in [4.69, 9.17) is 11.6 Å². The van der Waals surface area contributed by atoms with Gasteiger partial charge in [-0.2, -0.15) is 0 Å². The molecule has 0 unspecified atom stereocenters. The first-order chi connectivity index (χ1) is 14.1. The van der Waals surface area contributed by atoms with Crippen LogP contribution < -0.4 is 10.9 Å². The van der Waals surface area contributed by atoms with E-state index in [1.807, 2.05) is 42.5 Å². The molecule has 1 amide bonds. The van der Waals surface area contributed by atoms with Crippen molar-refractivity contribution in [3.63, 3.8) is 0 Å². The lowest BCUT2D eigenvalue weighted by Gasteiger charge is -2.06. The number of benzene rings is 2. The summed E-state index contributed by atoms with van der Waals surface area (Å²) in [5.74, 6) is -0.142. The molecule has 4 rings (SSSR count). The maximum Gasteiger partial charge on any atom is 0.253 e. The molecule has 2 heterocycles. The van der Waals surface area contributed by atoms with Gasteiger partial charge in [-0.1, -0.05) is 53.3 Å². The molecule has 0 fully saturated rings. The number of aryl methyl sites for hydroxylation is 1. The number of carbonyl (C=O) groups is 1. The average Bonchev–Trinajstić information content (AvgIpc) is 3.11. The first kappa shape index (κ1) is 19.3. The van der Waals surface area contributed by atoms with E-state index in [1.54, 1.807) is 6.07 Å². The van der Waals surface area contributed by atoms with Gasteiger partial charge in [0.15, 0.2) is 5.13 Å². The molecule has 0 aliphatic heterocycles. The molecular formula is C21H17ClN4O2S. The van der Waals surface area contributed by atoms with E-state index in [2.05, 4.69) is 15.3 Å². The van der Waals surface area contributed by atoms with Crippen LogP contribution in [0.1, 0.15) is 12.8 Å². The van der Waals surface area contributed by atoms with Gasteiger partial charge in [0.25, 0.3) is 5.56 Å². The molecule has 6 nitrogen and oxygen atoms in total. The molecule has 2 aromatic heterocycles. The Labute approximate surface area is 175 Å². The van der Waals surface area contributed by atoms with E-state index < -0.39 is 0 Å². The zero-order valence-corrected chi connectivity index (χ0v) is 16.9. The van der Waals surface area contributed by atoms with Crippen molar-refractivity contribution in [2.75, 3.05) is 5.32 Å². The molecular weight excluding hydrogens is 408 g/mol. The van der Waals surface area contributed by atoms with E-state index in [1.165, 1.54) is 28.3 Å². The van der Waals surface area contributed by atoms with E-state index in [0.717, 1.165) is 15.8 Å². The maximum absolute atomic E-state index is 12.3. The van der Waals surface area contributed by atoms with Gasteiger partial charge in [-0.05, 0) is 24.6 Å². The second-order valence-corrected chi connectivity index (χ2v) is 7.92. The molecule has 0 saturated carbocycles. The van der Waals surface area contributed by atoms with Crippen molar-refractivity contribution in [2.45, 2.75) is 19.4 Å². The summed E-state index contributed by atoms with van der Waals surface area (Å²) in [6, 6.07) is 16.5. The summed E-state index contributed by atoms with van der Waals surface area (Å²) in [7, 11) is 0. The van der Waals surface area contributed by atoms with E-state index >= 15 is 0 Å². The van der Waals surface area contributed by atoms with E-state index in [0.29, 0.717) is 28.8 Å². The van der Waals surface area contributed by atoms with Crippen LogP contribution >= 0.6 is 22.9 Å². The normalized spacial score (nSPS) is 10.9. The standard InChI is InChI=1S/C21H17ClN4O2S/c22-15-8-9-16-18(11-15)29-21(24-16)25-19(27)7-4-10-26-13-23-17(12-20(26)28)14-5-2-1-3-6-14/h1-3,5-6,8-9,11-13H,4,7,10H2,(H,24,25,27). The van der Waals surface area contributed by atoms with Crippen molar-refractivity contribution in [2.24, 2.45) is 0 Å². The SMILES string of the molecule is O=C(CCCn1cnc(-c2ccccc2)cc1=O)Nc1nc2ccc(Cl)cc2s1. The average molecular weight is 425 g/mol. The second-order valence-electron chi connectivity index (χ2n) is 6.45. The molecule has 8 heteroatoms. The summed E-state index contributed by atoms with van der Waals surface area (Å²) in [6.45, 7) is 0.420. The minimum absolute atomic E-state index is 0.137. The summed E-state index contributed by atoms with van der Waals surface area (Å²) in [5, 5.41) is 3.98. The largest absolute Gasteiger partial charge is 0.302 e. The molecule has 0 bridgehead atoms. The summed E-state index contributed by atoms with van der Waals surface area (Å²) < 4.78 is 2.43. The van der Waals surface area contributed by atoms with Gasteiger partial charge < -0.3 is 5.32 Å². The molecule has 146 valence electrons. The minimum Gasteiger partial charge on any atom is -0.302 e. The third kappa shape index (κ3) is 4.70. The van der Waals surface area contributed by atoms with Crippen molar-refractivity contribution in [3.05, 3.63) is 76.3 Å². The predicted molar refractivity (Wildman–Crippen MR) is 116 cm³/mol. The Morgan fingerprint density at radius 1 is 1.14 bits per heavy atom. The molecule has 0 spiro atoms. The van der Waals surface area contributed by atoms with Gasteiger partial charge in [0.1, 0.15) is 0 Å². The highest BCUT2D eigenvalue weighted by atomic mass is 35.5. The van der Waals surface area contributed by atoms with Crippen LogP contribution in [0.15, 0.2) is 65.7 Å². The number of hydrogen-bond acceptors (Lipinski definition) is 5. The second kappa shape index (κ2) is 8.55. The number of thiazole rings is 1. The molecule has 1 N–H and O–H groups in total. The first-order valence-corrected chi connectivity index (χ1v) is 10.3. The van der Waals surface area contributed by atoms with Crippen LogP contribution in [0.5, 0.6) is 0 Å². The molecule has 4 aromatic rings. The summed E-state index contributed by atoms with van der Waals surface area (Å²) in [6.07, 6.45) is 2.33. The number of fused-ring (bicyclic) bond motifs is 1. The van der Waals surface area contributed by atoms with Gasteiger partial charge in [-0.15, -0.1) is 0 Å². The Morgan fingerprint density at radius 3 is 2.76 bits per heavy atom. The van der Waals surface area contributed by atoms with Crippen molar-refractivity contribution in [3.8, 4) is 11.3 Å². The van der Waals surface area contributed by atoms with Crippen molar-refractivity contribution in [1.29, 1.82) is 0 Å². The molecule has 2 aromatic carbocycles. The summed E-state index contributed by atoms with van der Waals surface area (Å²) >= 11 is 7.36. The number of anilines is 1. The fourth-order valence-corrected chi connectivity index (χ4v) is 4.06. The summed E-state index contributed by atoms with van der Waals surface area (Å²) in [4.78, 5) is 33.2. The number of hydrogen-bond donors (Lipinski definition) is 1. The predicted octanol–water partition coefficient (Wildman–Crippen LogP) is 4.59. The van der Waals surface area contributed by atoms with Gasteiger partial charge >= 0.3 is 0 Å². The van der Waals surface area contributed by atoms with Crippen LogP contribution in [-0.4, -0.2) is 20.4 Å². The highest BCUT2D eigenvalue weighted by Crippen LogP contribution is 2.28. The van der Waals surface area contributed by atoms with Crippen LogP contribution in [0, 0.1) is 0 Å². The Balaban J connectivity index is 1.33. The Kier molecular flexibility index (Phi) is 5.69. The molecule has 0 saturated heterocycles. The van der Waals surface area contributed by atoms with Crippen LogP contribution in [0.4, 0.5) is 5.13 Å². The monoisotopic (exact) mass is 424 g/mol. The van der Waals surface area contributed by atoms with Gasteiger partial charge in [0.2, 0.25) is 5.91 Å². The third-order valence-corrected chi connectivity index (χ3v) is 5.52. The highest BCUT2D eigenvalue weighted by Gasteiger charge is 2.09. The number of carbonyl (C=O) groups excluding carboxylic acids is 1. The zero-order valence-electron chi connectivity index (χ0n) is 15.3. The molecule has 0 radical (unpaired) electrons. The van der Waals surface area contributed by atoms with Crippen LogP contribution in [-0.2, 0) is 11.3 Å². The number of halogens is 1. The van der Waals surface area contributed by atoms with Gasteiger partial charge in [-0.25, -0.2) is 9.97 Å². The Bertz CT molecular complexity index is 1220. The van der Waals surface area contributed by atoms with Crippen molar-refractivity contribution >= 4 is 44.2 Å². The molecule has 0 aliphatic rings. The number of rotatable bonds is 6. The first-order valence-electron chi connectivity index (χ1n) is 9.06. The van der Waals surface area contributed by atoms with Crippen LogP contribution in [0.2, 0.25) is 5.02 Å². The maximum atomic E-state index is 12.3. The lowest BCUT2D eigenvalue weighted by molar-refractivity contribution is -0.116. The zero-order chi connectivity index (χ0) is 20.2. The number of nitrogens with zero attached hydrogens (tertiary/aromatic N) is 3. The fraction of sp³-hybridized carbons (Fsp3) is 0.143. The van der Waals surface area contributed by atoms with Gasteiger partial charge in [0, 0.05) is 29.6 Å². The summed E-state index contributed by atoms with van der Waals surface area (Å²) in [5.41, 5.74) is 2.20. The minimum atomic E-state index is -0.142. The smallest absolute Gasteiger partial charge is 0.253 e. The molecule has 0 atom stereocenters. The number of aromatic nitrogens is 3. The Hall–Kier alpha value is -3.03. The van der Waals surface area contributed by atoms with Gasteiger partial charge in [-0.3, -0.25) is 14.2 Å². The van der Waals surface area contributed by atoms with Crippen molar-refractivity contribution in [1.82, 2.24) is 14.5 Å². The number of nitrogens with one attached hydrogen (secondary N) is 1. The Morgan fingerprint density at radius 2 is 1.97 bits per heavy atom. The molecule has 0 aliphatic carbocycles. The van der Waals surface area contributed by atoms with Crippen LogP contribution in [0.25, 0.3) is 21.5 Å². The van der Waals surface area contributed by atoms with Crippen LogP contribution in [0.3, 0.4) is 0 Å². The van der Waals surface area contributed by atoms with Gasteiger partial charge in [0.05, 0.1) is 22.2 Å².